The van der Waals surface area contributed by atoms with Gasteiger partial charge in [0.1, 0.15) is 5.69 Å². The van der Waals surface area contributed by atoms with Crippen LogP contribution in [0.25, 0.3) is 16.9 Å². The molecular formula is C21H16ClN3O3. The fraction of sp³-hybridized carbons (Fsp3) is 0.0952. The van der Waals surface area contributed by atoms with E-state index in [2.05, 4.69) is 5.16 Å². The molecule has 0 atom stereocenters. The average Bonchev–Trinajstić information content (AvgIpc) is 3.15. The van der Waals surface area contributed by atoms with Gasteiger partial charge in [-0.3, -0.25) is 13.9 Å². The van der Waals surface area contributed by atoms with Crippen molar-refractivity contribution in [2.45, 2.75) is 13.5 Å². The van der Waals surface area contributed by atoms with E-state index in [1.165, 1.54) is 10.6 Å². The molecule has 0 aliphatic carbocycles. The maximum Gasteiger partial charge on any atom is 0.336 e. The van der Waals surface area contributed by atoms with Gasteiger partial charge in [0.2, 0.25) is 0 Å². The summed E-state index contributed by atoms with van der Waals surface area (Å²) in [4.78, 5) is 25.4. The molecule has 0 N–H and O–H groups in total. The Morgan fingerprint density at radius 3 is 2.43 bits per heavy atom. The second-order valence-corrected chi connectivity index (χ2v) is 6.79. The molecule has 0 aliphatic rings. The molecule has 0 bridgehead atoms. The number of halogens is 1. The summed E-state index contributed by atoms with van der Waals surface area (Å²) in [6.45, 7) is 1.72. The second kappa shape index (κ2) is 7.32. The van der Waals surface area contributed by atoms with Crippen LogP contribution in [0.3, 0.4) is 0 Å². The SMILES string of the molecule is Cc1cc(=O)n(Cc2cc(-c3ccc(Cl)cc3)no2)c(=O)n1-c1ccccc1. The molecular weight excluding hydrogens is 378 g/mol. The summed E-state index contributed by atoms with van der Waals surface area (Å²) >= 11 is 5.91. The van der Waals surface area contributed by atoms with Crippen LogP contribution < -0.4 is 11.2 Å². The second-order valence-electron chi connectivity index (χ2n) is 6.35. The Balaban J connectivity index is 1.72. The van der Waals surface area contributed by atoms with Gasteiger partial charge in [0.05, 0.1) is 12.2 Å². The van der Waals surface area contributed by atoms with Gasteiger partial charge in [-0.25, -0.2) is 4.79 Å². The standard InChI is InChI=1S/C21H16ClN3O3/c1-14-11-20(26)24(21(27)25(14)17-5-3-2-4-6-17)13-18-12-19(23-28-18)15-7-9-16(22)10-8-15/h2-12H,13H2,1H3. The Bertz CT molecular complexity index is 1240. The van der Waals surface area contributed by atoms with Gasteiger partial charge >= 0.3 is 5.69 Å². The largest absolute Gasteiger partial charge is 0.359 e. The van der Waals surface area contributed by atoms with Crippen LogP contribution >= 0.6 is 11.6 Å². The highest BCUT2D eigenvalue weighted by molar-refractivity contribution is 6.30. The van der Waals surface area contributed by atoms with Crippen LogP contribution in [0.15, 0.2) is 80.8 Å². The van der Waals surface area contributed by atoms with Crippen LogP contribution in [0.2, 0.25) is 5.02 Å². The third kappa shape index (κ3) is 3.42. The van der Waals surface area contributed by atoms with Crippen LogP contribution in [0.4, 0.5) is 0 Å². The van der Waals surface area contributed by atoms with Crippen LogP contribution in [0, 0.1) is 6.92 Å². The molecule has 4 rings (SSSR count). The Kier molecular flexibility index (Phi) is 4.71. The van der Waals surface area contributed by atoms with Crippen LogP contribution in [-0.2, 0) is 6.54 Å². The van der Waals surface area contributed by atoms with E-state index in [4.69, 9.17) is 16.1 Å². The van der Waals surface area contributed by atoms with Crippen molar-refractivity contribution >= 4 is 11.6 Å². The highest BCUT2D eigenvalue weighted by Gasteiger charge is 2.14. The highest BCUT2D eigenvalue weighted by atomic mass is 35.5. The molecule has 2 aromatic heterocycles. The molecule has 7 heteroatoms. The maximum atomic E-state index is 13.0. The van der Waals surface area contributed by atoms with Gasteiger partial charge < -0.3 is 4.52 Å². The number of benzene rings is 2. The smallest absolute Gasteiger partial charge is 0.336 e. The number of aromatic nitrogens is 3. The van der Waals surface area contributed by atoms with Crippen molar-refractivity contribution in [1.82, 2.24) is 14.3 Å². The van der Waals surface area contributed by atoms with Gasteiger partial charge in [-0.2, -0.15) is 0 Å². The van der Waals surface area contributed by atoms with Gasteiger partial charge in [-0.15, -0.1) is 0 Å². The van der Waals surface area contributed by atoms with Crippen molar-refractivity contribution in [3.8, 4) is 16.9 Å². The van der Waals surface area contributed by atoms with E-state index in [1.54, 1.807) is 25.1 Å². The molecule has 0 spiro atoms. The van der Waals surface area contributed by atoms with Gasteiger partial charge in [-0.05, 0) is 31.2 Å². The molecule has 140 valence electrons. The first-order valence-corrected chi connectivity index (χ1v) is 9.01. The van der Waals surface area contributed by atoms with Crippen molar-refractivity contribution < 1.29 is 4.52 Å². The van der Waals surface area contributed by atoms with Crippen LogP contribution in [0.5, 0.6) is 0 Å². The zero-order valence-electron chi connectivity index (χ0n) is 15.0. The molecule has 0 radical (unpaired) electrons. The topological polar surface area (TPSA) is 70.0 Å². The fourth-order valence-corrected chi connectivity index (χ4v) is 3.15. The molecule has 2 heterocycles. The first kappa shape index (κ1) is 18.0. The summed E-state index contributed by atoms with van der Waals surface area (Å²) in [7, 11) is 0. The lowest BCUT2D eigenvalue weighted by atomic mass is 10.1. The third-order valence-electron chi connectivity index (χ3n) is 4.40. The number of aryl methyl sites for hydroxylation is 1. The molecule has 6 nitrogen and oxygen atoms in total. The molecule has 4 aromatic rings. The fourth-order valence-electron chi connectivity index (χ4n) is 3.02. The Labute approximate surface area is 165 Å². The first-order chi connectivity index (χ1) is 13.5. The van der Waals surface area contributed by atoms with Crippen LogP contribution in [0.1, 0.15) is 11.5 Å². The van der Waals surface area contributed by atoms with Crippen molar-refractivity contribution in [3.05, 3.63) is 104 Å². The van der Waals surface area contributed by atoms with E-state index in [0.717, 1.165) is 10.1 Å². The first-order valence-electron chi connectivity index (χ1n) is 8.63. The zero-order chi connectivity index (χ0) is 19.7. The van der Waals surface area contributed by atoms with Gasteiger partial charge in [-0.1, -0.05) is 47.1 Å². The molecule has 0 unspecified atom stereocenters. The summed E-state index contributed by atoms with van der Waals surface area (Å²) in [6, 6.07) is 19.5. The summed E-state index contributed by atoms with van der Waals surface area (Å²) in [5, 5.41) is 4.65. The minimum atomic E-state index is -0.430. The Morgan fingerprint density at radius 2 is 1.71 bits per heavy atom. The summed E-state index contributed by atoms with van der Waals surface area (Å²) in [5.41, 5.74) is 1.88. The quantitative estimate of drug-likeness (QED) is 0.530. The molecule has 2 aromatic carbocycles. The van der Waals surface area contributed by atoms with E-state index in [0.29, 0.717) is 27.9 Å². The van der Waals surface area contributed by atoms with Crippen molar-refractivity contribution in [3.63, 3.8) is 0 Å². The van der Waals surface area contributed by atoms with E-state index in [1.807, 2.05) is 42.5 Å². The third-order valence-corrected chi connectivity index (χ3v) is 4.65. The van der Waals surface area contributed by atoms with Crippen molar-refractivity contribution in [2.24, 2.45) is 0 Å². The normalized spacial score (nSPS) is 10.9. The Morgan fingerprint density at radius 1 is 1.00 bits per heavy atom. The lowest BCUT2D eigenvalue weighted by molar-refractivity contribution is 0.374. The lowest BCUT2D eigenvalue weighted by Gasteiger charge is -2.12. The predicted molar refractivity (Wildman–Crippen MR) is 107 cm³/mol. The minimum absolute atomic E-state index is 0.00856. The van der Waals surface area contributed by atoms with E-state index >= 15 is 0 Å². The number of rotatable bonds is 4. The van der Waals surface area contributed by atoms with E-state index in [9.17, 15) is 9.59 Å². The van der Waals surface area contributed by atoms with Gasteiger partial charge in [0.25, 0.3) is 5.56 Å². The molecule has 0 amide bonds. The average molecular weight is 394 g/mol. The van der Waals surface area contributed by atoms with E-state index < -0.39 is 5.69 Å². The zero-order valence-corrected chi connectivity index (χ0v) is 15.8. The maximum absolute atomic E-state index is 13.0. The monoisotopic (exact) mass is 393 g/mol. The minimum Gasteiger partial charge on any atom is -0.359 e. The van der Waals surface area contributed by atoms with Crippen LogP contribution in [-0.4, -0.2) is 14.3 Å². The number of hydrogen-bond acceptors (Lipinski definition) is 4. The number of hydrogen-bond donors (Lipinski definition) is 0. The predicted octanol–water partition coefficient (Wildman–Crippen LogP) is 3.66. The Hall–Kier alpha value is -3.38. The molecule has 28 heavy (non-hydrogen) atoms. The molecule has 0 saturated carbocycles. The lowest BCUT2D eigenvalue weighted by Crippen LogP contribution is -2.40. The summed E-state index contributed by atoms with van der Waals surface area (Å²) in [6.07, 6.45) is 0. The van der Waals surface area contributed by atoms with Crippen molar-refractivity contribution in [1.29, 1.82) is 0 Å². The molecule has 0 aliphatic heterocycles. The number of para-hydroxylation sites is 1. The van der Waals surface area contributed by atoms with Gasteiger partial charge in [0.15, 0.2) is 5.76 Å². The number of nitrogens with zero attached hydrogens (tertiary/aromatic N) is 3. The van der Waals surface area contributed by atoms with Gasteiger partial charge in [0, 0.05) is 28.4 Å². The summed E-state index contributed by atoms with van der Waals surface area (Å²) < 4.78 is 7.98. The van der Waals surface area contributed by atoms with E-state index in [-0.39, 0.29) is 12.1 Å². The van der Waals surface area contributed by atoms with Crippen molar-refractivity contribution in [2.75, 3.05) is 0 Å². The summed E-state index contributed by atoms with van der Waals surface area (Å²) in [5.74, 6) is 0.410. The highest BCUT2D eigenvalue weighted by Crippen LogP contribution is 2.21. The molecule has 0 saturated heterocycles. The molecule has 0 fully saturated rings.